The number of ether oxygens (including phenoxy) is 1. The number of hydrogen-bond acceptors (Lipinski definition) is 4. The fourth-order valence-corrected chi connectivity index (χ4v) is 4.95. The second kappa shape index (κ2) is 10.6. The summed E-state index contributed by atoms with van der Waals surface area (Å²) in [6.45, 7) is 3.30. The molecule has 0 saturated heterocycles. The summed E-state index contributed by atoms with van der Waals surface area (Å²) in [5.41, 5.74) is 9.43. The number of nitrogens with zero attached hydrogens (tertiary/aromatic N) is 4. The highest BCUT2D eigenvalue weighted by Crippen LogP contribution is 2.42. The predicted octanol–water partition coefficient (Wildman–Crippen LogP) is 7.27. The fraction of sp³-hybridized carbons (Fsp3) is 0.0938. The number of hydrogen-bond donors (Lipinski definition) is 1. The maximum Gasteiger partial charge on any atom is 0.211 e. The van der Waals surface area contributed by atoms with Gasteiger partial charge in [-0.05, 0) is 47.4 Å². The van der Waals surface area contributed by atoms with Gasteiger partial charge in [-0.3, -0.25) is 0 Å². The summed E-state index contributed by atoms with van der Waals surface area (Å²) in [5.74, 6) is 1.27. The van der Waals surface area contributed by atoms with Gasteiger partial charge in [0.1, 0.15) is 5.75 Å². The summed E-state index contributed by atoms with van der Waals surface area (Å²) >= 11 is 0. The first-order valence-corrected chi connectivity index (χ1v) is 12.7. The SMILES string of the molecule is CCn1c(-c2ccccc2-c2cccc(OCc3nn[nH]n3)c2)cc(-c2ccccc2)c1-c1ccccc1. The molecule has 6 nitrogen and oxygen atoms in total. The summed E-state index contributed by atoms with van der Waals surface area (Å²) in [6.07, 6.45) is 0. The Bertz CT molecular complexity index is 1640. The first kappa shape index (κ1) is 23.4. The lowest BCUT2D eigenvalue weighted by Gasteiger charge is -2.16. The first-order valence-electron chi connectivity index (χ1n) is 12.7. The highest BCUT2D eigenvalue weighted by Gasteiger charge is 2.20. The van der Waals surface area contributed by atoms with Crippen molar-refractivity contribution in [3.8, 4) is 50.5 Å². The summed E-state index contributed by atoms with van der Waals surface area (Å²) in [5, 5.41) is 14.0. The zero-order valence-corrected chi connectivity index (χ0v) is 21.1. The Morgan fingerprint density at radius 1 is 0.684 bits per heavy atom. The van der Waals surface area contributed by atoms with Gasteiger partial charge in [0.15, 0.2) is 6.61 Å². The van der Waals surface area contributed by atoms with E-state index in [9.17, 15) is 0 Å². The molecule has 0 amide bonds. The van der Waals surface area contributed by atoms with Gasteiger partial charge in [-0.2, -0.15) is 5.21 Å². The van der Waals surface area contributed by atoms with Crippen molar-refractivity contribution < 1.29 is 4.74 Å². The van der Waals surface area contributed by atoms with E-state index in [1.54, 1.807) is 0 Å². The zero-order valence-electron chi connectivity index (χ0n) is 21.1. The van der Waals surface area contributed by atoms with Crippen molar-refractivity contribution in [3.05, 3.63) is 121 Å². The number of aromatic nitrogens is 5. The molecule has 186 valence electrons. The molecule has 0 atom stereocenters. The minimum absolute atomic E-state index is 0.251. The lowest BCUT2D eigenvalue weighted by molar-refractivity contribution is 0.296. The second-order valence-electron chi connectivity index (χ2n) is 8.96. The quantitative estimate of drug-likeness (QED) is 0.240. The summed E-state index contributed by atoms with van der Waals surface area (Å²) in [6, 6.07) is 40.3. The minimum atomic E-state index is 0.251. The Hall–Kier alpha value is -4.97. The molecule has 0 spiro atoms. The lowest BCUT2D eigenvalue weighted by atomic mass is 9.96. The van der Waals surface area contributed by atoms with Crippen molar-refractivity contribution >= 4 is 0 Å². The maximum absolute atomic E-state index is 5.95. The molecule has 0 fully saturated rings. The average molecular weight is 498 g/mol. The van der Waals surface area contributed by atoms with Crippen LogP contribution < -0.4 is 4.74 Å². The van der Waals surface area contributed by atoms with Crippen LogP contribution in [0.1, 0.15) is 12.7 Å². The maximum atomic E-state index is 5.95. The number of tetrazole rings is 1. The van der Waals surface area contributed by atoms with Crippen LogP contribution in [0.15, 0.2) is 115 Å². The third kappa shape index (κ3) is 4.60. The minimum Gasteiger partial charge on any atom is -0.485 e. The van der Waals surface area contributed by atoms with Crippen molar-refractivity contribution in [1.29, 1.82) is 0 Å². The smallest absolute Gasteiger partial charge is 0.211 e. The van der Waals surface area contributed by atoms with E-state index in [-0.39, 0.29) is 6.61 Å². The van der Waals surface area contributed by atoms with E-state index < -0.39 is 0 Å². The molecule has 0 saturated carbocycles. The summed E-state index contributed by atoms with van der Waals surface area (Å²) < 4.78 is 8.38. The molecule has 0 bridgehead atoms. The van der Waals surface area contributed by atoms with Crippen molar-refractivity contribution in [3.63, 3.8) is 0 Å². The van der Waals surface area contributed by atoms with Gasteiger partial charge in [0.2, 0.25) is 5.82 Å². The molecule has 1 N–H and O–H groups in total. The van der Waals surface area contributed by atoms with Gasteiger partial charge in [-0.25, -0.2) is 0 Å². The van der Waals surface area contributed by atoms with Crippen molar-refractivity contribution in [1.82, 2.24) is 25.2 Å². The third-order valence-corrected chi connectivity index (χ3v) is 6.65. The topological polar surface area (TPSA) is 68.6 Å². The highest BCUT2D eigenvalue weighted by atomic mass is 16.5. The van der Waals surface area contributed by atoms with E-state index in [0.717, 1.165) is 23.4 Å². The van der Waals surface area contributed by atoms with E-state index in [1.165, 1.54) is 33.6 Å². The average Bonchev–Trinajstić information content (AvgIpc) is 3.65. The highest BCUT2D eigenvalue weighted by molar-refractivity contribution is 5.91. The van der Waals surface area contributed by atoms with Crippen LogP contribution in [-0.2, 0) is 13.2 Å². The molecule has 6 aromatic rings. The van der Waals surface area contributed by atoms with Gasteiger partial charge < -0.3 is 9.30 Å². The van der Waals surface area contributed by atoms with Gasteiger partial charge in [-0.15, -0.1) is 10.2 Å². The molecule has 2 heterocycles. The molecular weight excluding hydrogens is 470 g/mol. The summed E-state index contributed by atoms with van der Waals surface area (Å²) in [4.78, 5) is 0. The molecule has 0 aliphatic carbocycles. The van der Waals surface area contributed by atoms with Gasteiger partial charge in [0.05, 0.1) is 5.69 Å². The molecule has 6 rings (SSSR count). The van der Waals surface area contributed by atoms with Crippen LogP contribution in [0.2, 0.25) is 0 Å². The van der Waals surface area contributed by atoms with Gasteiger partial charge >= 0.3 is 0 Å². The largest absolute Gasteiger partial charge is 0.485 e. The molecule has 6 heteroatoms. The molecule has 0 aliphatic heterocycles. The van der Waals surface area contributed by atoms with Gasteiger partial charge in [-0.1, -0.05) is 102 Å². The van der Waals surface area contributed by atoms with Crippen LogP contribution >= 0.6 is 0 Å². The van der Waals surface area contributed by atoms with Crippen LogP contribution in [-0.4, -0.2) is 25.2 Å². The lowest BCUT2D eigenvalue weighted by Crippen LogP contribution is -2.01. The van der Waals surface area contributed by atoms with Crippen LogP contribution in [0.25, 0.3) is 44.8 Å². The molecule has 0 unspecified atom stereocenters. The second-order valence-corrected chi connectivity index (χ2v) is 8.96. The Kier molecular flexibility index (Phi) is 6.51. The summed E-state index contributed by atoms with van der Waals surface area (Å²) in [7, 11) is 0. The first-order chi connectivity index (χ1) is 18.8. The number of nitrogens with one attached hydrogen (secondary N) is 1. The van der Waals surface area contributed by atoms with Crippen molar-refractivity contribution in [2.45, 2.75) is 20.1 Å². The molecule has 38 heavy (non-hydrogen) atoms. The molecule has 0 aliphatic rings. The molecule has 4 aromatic carbocycles. The van der Waals surface area contributed by atoms with Crippen molar-refractivity contribution in [2.24, 2.45) is 0 Å². The van der Waals surface area contributed by atoms with E-state index in [0.29, 0.717) is 5.82 Å². The normalized spacial score (nSPS) is 11.0. The Balaban J connectivity index is 1.48. The number of rotatable bonds is 8. The molecule has 2 aromatic heterocycles. The fourth-order valence-electron chi connectivity index (χ4n) is 4.95. The molecule has 0 radical (unpaired) electrons. The van der Waals surface area contributed by atoms with Crippen LogP contribution in [0, 0.1) is 0 Å². The Labute approximate surface area is 221 Å². The van der Waals surface area contributed by atoms with Crippen molar-refractivity contribution in [2.75, 3.05) is 0 Å². The Morgan fingerprint density at radius 3 is 2.08 bits per heavy atom. The van der Waals surface area contributed by atoms with Crippen LogP contribution in [0.5, 0.6) is 5.75 Å². The third-order valence-electron chi connectivity index (χ3n) is 6.65. The van der Waals surface area contributed by atoms with E-state index in [1.807, 2.05) is 12.1 Å². The van der Waals surface area contributed by atoms with Gasteiger partial charge in [0, 0.05) is 23.4 Å². The zero-order chi connectivity index (χ0) is 25.7. The van der Waals surface area contributed by atoms with E-state index in [2.05, 4.69) is 135 Å². The number of H-pyrrole nitrogens is 1. The Morgan fingerprint density at radius 2 is 1.37 bits per heavy atom. The predicted molar refractivity (Wildman–Crippen MR) is 150 cm³/mol. The van der Waals surface area contributed by atoms with Crippen LogP contribution in [0.3, 0.4) is 0 Å². The van der Waals surface area contributed by atoms with E-state index >= 15 is 0 Å². The number of benzene rings is 4. The molecular formula is C32H27N5O. The number of aromatic amines is 1. The standard InChI is InChI=1S/C32H27N5O/c1-2-37-30(21-29(23-12-5-3-6-13-23)32(37)24-14-7-4-8-15-24)28-19-10-9-18-27(28)25-16-11-17-26(20-25)38-22-31-33-35-36-34-31/h3-21H,2,22H2,1H3,(H,33,34,35,36). The van der Waals surface area contributed by atoms with Gasteiger partial charge in [0.25, 0.3) is 0 Å². The monoisotopic (exact) mass is 497 g/mol. The van der Waals surface area contributed by atoms with Crippen LogP contribution in [0.4, 0.5) is 0 Å². The van der Waals surface area contributed by atoms with E-state index in [4.69, 9.17) is 4.74 Å².